The van der Waals surface area contributed by atoms with E-state index in [1.165, 1.54) is 25.1 Å². The number of hydrogen-bond donors (Lipinski definition) is 1. The van der Waals surface area contributed by atoms with Gasteiger partial charge in [0.15, 0.2) is 0 Å². The van der Waals surface area contributed by atoms with Gasteiger partial charge in [0.25, 0.3) is 15.9 Å². The monoisotopic (exact) mass is 422 g/mol. The number of hydrogen-bond acceptors (Lipinski definition) is 4. The molecule has 0 spiro atoms. The van der Waals surface area contributed by atoms with E-state index in [4.69, 9.17) is 11.6 Å². The molecule has 0 radical (unpaired) electrons. The van der Waals surface area contributed by atoms with E-state index in [0.29, 0.717) is 15.0 Å². The highest BCUT2D eigenvalue weighted by atomic mass is 35.5. The van der Waals surface area contributed by atoms with Crippen molar-refractivity contribution in [1.29, 1.82) is 0 Å². The number of halogens is 2. The molecule has 2 aromatic carbocycles. The Kier molecular flexibility index (Phi) is 5.27. The zero-order valence-corrected chi connectivity index (χ0v) is 16.6. The smallest absolute Gasteiger partial charge is 0.268 e. The molecule has 0 saturated heterocycles. The maximum absolute atomic E-state index is 13.2. The SMILES string of the molecule is CC1=C(c2ccc(F)cc2)S(=O)(=O)N(CC(=O)Nc2cc(Cl)ccc2C)C1=O. The molecule has 1 aliphatic rings. The minimum Gasteiger partial charge on any atom is -0.324 e. The second-order valence-corrected chi connectivity index (χ2v) is 8.52. The third kappa shape index (κ3) is 3.65. The Morgan fingerprint density at radius 1 is 1.14 bits per heavy atom. The Bertz CT molecular complexity index is 1110. The van der Waals surface area contributed by atoms with Gasteiger partial charge in [-0.05, 0) is 49.2 Å². The van der Waals surface area contributed by atoms with Crippen molar-refractivity contribution in [2.45, 2.75) is 13.8 Å². The number of rotatable bonds is 4. The lowest BCUT2D eigenvalue weighted by molar-refractivity contribution is -0.126. The Balaban J connectivity index is 1.86. The highest BCUT2D eigenvalue weighted by Crippen LogP contribution is 2.35. The first-order valence-corrected chi connectivity index (χ1v) is 10.0. The molecule has 2 amide bonds. The Morgan fingerprint density at radius 2 is 1.79 bits per heavy atom. The maximum atomic E-state index is 13.2. The summed E-state index contributed by atoms with van der Waals surface area (Å²) in [6, 6.07) is 9.65. The van der Waals surface area contributed by atoms with E-state index in [1.807, 2.05) is 0 Å². The zero-order valence-electron chi connectivity index (χ0n) is 15.0. The van der Waals surface area contributed by atoms with E-state index in [1.54, 1.807) is 19.1 Å². The average Bonchev–Trinajstić information content (AvgIpc) is 2.79. The second kappa shape index (κ2) is 7.37. The lowest BCUT2D eigenvalue weighted by atomic mass is 10.1. The van der Waals surface area contributed by atoms with Gasteiger partial charge in [-0.2, -0.15) is 0 Å². The van der Waals surface area contributed by atoms with Gasteiger partial charge in [-0.3, -0.25) is 9.59 Å². The summed E-state index contributed by atoms with van der Waals surface area (Å²) >= 11 is 5.91. The van der Waals surface area contributed by atoms with E-state index >= 15 is 0 Å². The minimum atomic E-state index is -4.24. The normalized spacial score (nSPS) is 15.9. The number of nitrogens with zero attached hydrogens (tertiary/aromatic N) is 1. The second-order valence-electron chi connectivity index (χ2n) is 6.29. The number of aryl methyl sites for hydroxylation is 1. The first kappa shape index (κ1) is 20.0. The van der Waals surface area contributed by atoms with Crippen molar-refractivity contribution in [3.05, 3.63) is 70.0 Å². The maximum Gasteiger partial charge on any atom is 0.268 e. The van der Waals surface area contributed by atoms with Gasteiger partial charge < -0.3 is 5.32 Å². The molecule has 0 saturated carbocycles. The van der Waals surface area contributed by atoms with Crippen LogP contribution < -0.4 is 5.32 Å². The Hall–Kier alpha value is -2.71. The molecule has 0 bridgehead atoms. The largest absolute Gasteiger partial charge is 0.324 e. The summed E-state index contributed by atoms with van der Waals surface area (Å²) in [7, 11) is -4.24. The molecule has 3 rings (SSSR count). The molecule has 0 unspecified atom stereocenters. The topological polar surface area (TPSA) is 83.6 Å². The molecule has 0 aliphatic carbocycles. The molecule has 1 N–H and O–H groups in total. The third-order valence-corrected chi connectivity index (χ3v) is 6.47. The molecule has 9 heteroatoms. The molecule has 28 heavy (non-hydrogen) atoms. The average molecular weight is 423 g/mol. The van der Waals surface area contributed by atoms with Crippen LogP contribution in [0.4, 0.5) is 10.1 Å². The van der Waals surface area contributed by atoms with Gasteiger partial charge in [0.05, 0.1) is 0 Å². The van der Waals surface area contributed by atoms with Crippen molar-refractivity contribution < 1.29 is 22.4 Å². The molecule has 1 heterocycles. The minimum absolute atomic E-state index is 0.0293. The number of amides is 2. The number of sulfonamides is 1. The van der Waals surface area contributed by atoms with Gasteiger partial charge in [0.2, 0.25) is 5.91 Å². The van der Waals surface area contributed by atoms with E-state index < -0.39 is 34.2 Å². The van der Waals surface area contributed by atoms with E-state index in [-0.39, 0.29) is 16.0 Å². The van der Waals surface area contributed by atoms with Gasteiger partial charge in [0.1, 0.15) is 17.3 Å². The lowest BCUT2D eigenvalue weighted by Gasteiger charge is -2.17. The number of anilines is 1. The lowest BCUT2D eigenvalue weighted by Crippen LogP contribution is -2.38. The van der Waals surface area contributed by atoms with Crippen molar-refractivity contribution in [3.8, 4) is 0 Å². The first-order chi connectivity index (χ1) is 13.1. The standard InChI is InChI=1S/C19H16ClFN2O4S/c1-11-3-6-14(20)9-16(11)22-17(24)10-23-19(25)12(2)18(28(23,26)27)13-4-7-15(21)8-5-13/h3-9H,10H2,1-2H3,(H,22,24). The summed E-state index contributed by atoms with van der Waals surface area (Å²) < 4.78 is 39.4. The van der Waals surface area contributed by atoms with Crippen LogP contribution in [0.1, 0.15) is 18.1 Å². The molecular formula is C19H16ClFN2O4S. The van der Waals surface area contributed by atoms with Crippen LogP contribution in [-0.4, -0.2) is 31.1 Å². The molecule has 1 aliphatic heterocycles. The number of benzene rings is 2. The van der Waals surface area contributed by atoms with E-state index in [0.717, 1.165) is 17.7 Å². The van der Waals surface area contributed by atoms with Gasteiger partial charge in [-0.1, -0.05) is 29.8 Å². The van der Waals surface area contributed by atoms with Crippen LogP contribution in [0.25, 0.3) is 4.91 Å². The van der Waals surface area contributed by atoms with Crippen molar-refractivity contribution in [3.63, 3.8) is 0 Å². The fourth-order valence-electron chi connectivity index (χ4n) is 2.87. The van der Waals surface area contributed by atoms with Gasteiger partial charge in [-0.15, -0.1) is 0 Å². The third-order valence-electron chi connectivity index (χ3n) is 4.30. The molecule has 0 aromatic heterocycles. The first-order valence-electron chi connectivity index (χ1n) is 8.21. The van der Waals surface area contributed by atoms with Crippen LogP contribution in [0.2, 0.25) is 5.02 Å². The predicted octanol–water partition coefficient (Wildman–Crippen LogP) is 3.33. The molecule has 2 aromatic rings. The molecule has 146 valence electrons. The van der Waals surface area contributed by atoms with E-state index in [2.05, 4.69) is 5.32 Å². The van der Waals surface area contributed by atoms with Crippen LogP contribution in [-0.2, 0) is 19.6 Å². The molecule has 0 atom stereocenters. The summed E-state index contributed by atoms with van der Waals surface area (Å²) in [5, 5.41) is 2.97. The van der Waals surface area contributed by atoms with Crippen LogP contribution in [0, 0.1) is 12.7 Å². The Morgan fingerprint density at radius 3 is 2.43 bits per heavy atom. The Labute approximate surface area is 166 Å². The van der Waals surface area contributed by atoms with Gasteiger partial charge in [-0.25, -0.2) is 17.1 Å². The zero-order chi connectivity index (χ0) is 20.6. The van der Waals surface area contributed by atoms with Crippen molar-refractivity contribution in [2.75, 3.05) is 11.9 Å². The van der Waals surface area contributed by atoms with Crippen LogP contribution in [0.3, 0.4) is 0 Å². The summed E-state index contributed by atoms with van der Waals surface area (Å²) in [5.41, 5.74) is 1.30. The van der Waals surface area contributed by atoms with Gasteiger partial charge in [0, 0.05) is 16.3 Å². The fourth-order valence-corrected chi connectivity index (χ4v) is 4.81. The summed E-state index contributed by atoms with van der Waals surface area (Å²) in [6.45, 7) is 2.43. The number of carbonyl (C=O) groups excluding carboxylic acids is 2. The quantitative estimate of drug-likeness (QED) is 0.819. The van der Waals surface area contributed by atoms with Crippen molar-refractivity contribution >= 4 is 44.0 Å². The summed E-state index contributed by atoms with van der Waals surface area (Å²) in [4.78, 5) is 24.6. The van der Waals surface area contributed by atoms with Crippen molar-refractivity contribution in [1.82, 2.24) is 4.31 Å². The van der Waals surface area contributed by atoms with Crippen LogP contribution in [0.15, 0.2) is 48.0 Å². The predicted molar refractivity (Wildman–Crippen MR) is 104 cm³/mol. The summed E-state index contributed by atoms with van der Waals surface area (Å²) in [5.74, 6) is -2.01. The van der Waals surface area contributed by atoms with Gasteiger partial charge >= 0.3 is 0 Å². The number of nitrogens with one attached hydrogen (secondary N) is 1. The van der Waals surface area contributed by atoms with E-state index in [9.17, 15) is 22.4 Å². The number of carbonyl (C=O) groups is 2. The molecule has 6 nitrogen and oxygen atoms in total. The highest BCUT2D eigenvalue weighted by molar-refractivity contribution is 7.99. The fraction of sp³-hybridized carbons (Fsp3) is 0.158. The molecule has 0 fully saturated rings. The summed E-state index contributed by atoms with van der Waals surface area (Å²) in [6.07, 6.45) is 0. The highest BCUT2D eigenvalue weighted by Gasteiger charge is 2.43. The van der Waals surface area contributed by atoms with Crippen LogP contribution >= 0.6 is 11.6 Å². The van der Waals surface area contributed by atoms with Crippen LogP contribution in [0.5, 0.6) is 0 Å². The molecular weight excluding hydrogens is 407 g/mol. The van der Waals surface area contributed by atoms with Crippen molar-refractivity contribution in [2.24, 2.45) is 0 Å².